The molecule has 0 amide bonds. The molecule has 0 aliphatic heterocycles. The molecule has 0 fully saturated rings. The highest BCUT2D eigenvalue weighted by Gasteiger charge is 2.05. The lowest BCUT2D eigenvalue weighted by molar-refractivity contribution is 1.33. The van der Waals surface area contributed by atoms with Gasteiger partial charge in [0.15, 0.2) is 0 Å². The fourth-order valence-electron chi connectivity index (χ4n) is 1.78. The standard InChI is InChI=1S/C14H11N3S/c15-13-5-11(7-17-8-13)14-6-12(9-18-14)10-1-3-16-4-2-10/h1-9H,15H2. The summed E-state index contributed by atoms with van der Waals surface area (Å²) in [5, 5.41) is 2.13. The lowest BCUT2D eigenvalue weighted by Crippen LogP contribution is -1.86. The van der Waals surface area contributed by atoms with Gasteiger partial charge in [0.05, 0.1) is 5.69 Å². The second kappa shape index (κ2) is 4.58. The van der Waals surface area contributed by atoms with E-state index < -0.39 is 0 Å². The number of nitrogens with two attached hydrogens (primary N) is 1. The van der Waals surface area contributed by atoms with Crippen molar-refractivity contribution in [2.24, 2.45) is 0 Å². The molecule has 2 N–H and O–H groups in total. The van der Waals surface area contributed by atoms with Crippen molar-refractivity contribution in [1.82, 2.24) is 9.97 Å². The van der Waals surface area contributed by atoms with E-state index in [0.29, 0.717) is 5.69 Å². The van der Waals surface area contributed by atoms with Crippen LogP contribution in [0.4, 0.5) is 5.69 Å². The van der Waals surface area contributed by atoms with Crippen LogP contribution >= 0.6 is 11.3 Å². The fourth-order valence-corrected chi connectivity index (χ4v) is 2.68. The molecule has 3 aromatic rings. The molecule has 3 heterocycles. The van der Waals surface area contributed by atoms with Crippen LogP contribution in [0.15, 0.2) is 54.4 Å². The third kappa shape index (κ3) is 2.10. The van der Waals surface area contributed by atoms with Gasteiger partial charge in [0.25, 0.3) is 0 Å². The molecule has 0 aliphatic carbocycles. The molecule has 0 unspecified atom stereocenters. The molecule has 18 heavy (non-hydrogen) atoms. The largest absolute Gasteiger partial charge is 0.397 e. The summed E-state index contributed by atoms with van der Waals surface area (Å²) in [6, 6.07) is 8.10. The molecule has 88 valence electrons. The van der Waals surface area contributed by atoms with Crippen molar-refractivity contribution in [3.8, 4) is 21.6 Å². The third-order valence-corrected chi connectivity index (χ3v) is 3.64. The van der Waals surface area contributed by atoms with Gasteiger partial charge in [-0.05, 0) is 40.8 Å². The van der Waals surface area contributed by atoms with Crippen molar-refractivity contribution in [1.29, 1.82) is 0 Å². The van der Waals surface area contributed by atoms with E-state index in [1.807, 2.05) is 24.4 Å². The summed E-state index contributed by atoms with van der Waals surface area (Å²) in [5.41, 5.74) is 9.85. The minimum atomic E-state index is 0.686. The van der Waals surface area contributed by atoms with Gasteiger partial charge < -0.3 is 5.73 Å². The van der Waals surface area contributed by atoms with Crippen molar-refractivity contribution in [2.45, 2.75) is 0 Å². The molecule has 0 bridgehead atoms. The van der Waals surface area contributed by atoms with Crippen LogP contribution < -0.4 is 5.73 Å². The van der Waals surface area contributed by atoms with Crippen molar-refractivity contribution in [3.63, 3.8) is 0 Å². The highest BCUT2D eigenvalue weighted by molar-refractivity contribution is 7.14. The maximum atomic E-state index is 5.75. The summed E-state index contributed by atoms with van der Waals surface area (Å²) in [7, 11) is 0. The Bertz CT molecular complexity index is 662. The molecule has 0 aliphatic rings. The lowest BCUT2D eigenvalue weighted by atomic mass is 10.1. The Morgan fingerprint density at radius 1 is 0.889 bits per heavy atom. The summed E-state index contributed by atoms with van der Waals surface area (Å²) in [6.07, 6.45) is 7.09. The van der Waals surface area contributed by atoms with Crippen LogP contribution in [0.3, 0.4) is 0 Å². The Morgan fingerprint density at radius 2 is 1.72 bits per heavy atom. The first-order valence-electron chi connectivity index (χ1n) is 5.53. The van der Waals surface area contributed by atoms with Crippen molar-refractivity contribution < 1.29 is 0 Å². The summed E-state index contributed by atoms with van der Waals surface area (Å²) < 4.78 is 0. The quantitative estimate of drug-likeness (QED) is 0.761. The fraction of sp³-hybridized carbons (Fsp3) is 0. The predicted molar refractivity (Wildman–Crippen MR) is 75.2 cm³/mol. The molecule has 0 aromatic carbocycles. The van der Waals surface area contributed by atoms with Gasteiger partial charge >= 0.3 is 0 Å². The van der Waals surface area contributed by atoms with E-state index in [0.717, 1.165) is 5.56 Å². The van der Waals surface area contributed by atoms with E-state index in [2.05, 4.69) is 21.4 Å². The second-order valence-corrected chi connectivity index (χ2v) is 4.85. The molecule has 0 radical (unpaired) electrons. The molecule has 3 nitrogen and oxygen atoms in total. The molecule has 0 spiro atoms. The maximum Gasteiger partial charge on any atom is 0.0507 e. The molecule has 3 rings (SSSR count). The van der Waals surface area contributed by atoms with Gasteiger partial charge in [-0.2, -0.15) is 0 Å². The van der Waals surface area contributed by atoms with Gasteiger partial charge in [0.2, 0.25) is 0 Å². The molecular formula is C14H11N3S. The van der Waals surface area contributed by atoms with Crippen LogP contribution in [0.1, 0.15) is 0 Å². The van der Waals surface area contributed by atoms with E-state index in [1.165, 1.54) is 16.0 Å². The Balaban J connectivity index is 2.00. The number of nitrogen functional groups attached to an aromatic ring is 1. The van der Waals surface area contributed by atoms with Gasteiger partial charge in [-0.1, -0.05) is 0 Å². The first-order valence-corrected chi connectivity index (χ1v) is 6.41. The number of nitrogens with zero attached hydrogens (tertiary/aromatic N) is 2. The molecule has 0 saturated carbocycles. The normalized spacial score (nSPS) is 10.4. The molecule has 3 aromatic heterocycles. The van der Waals surface area contributed by atoms with Crippen molar-refractivity contribution in [3.05, 3.63) is 54.4 Å². The Morgan fingerprint density at radius 3 is 2.50 bits per heavy atom. The maximum absolute atomic E-state index is 5.75. The van der Waals surface area contributed by atoms with E-state index in [4.69, 9.17) is 5.73 Å². The van der Waals surface area contributed by atoms with Crippen LogP contribution in [0.2, 0.25) is 0 Å². The zero-order valence-corrected chi connectivity index (χ0v) is 10.4. The van der Waals surface area contributed by atoms with Gasteiger partial charge in [-0.3, -0.25) is 9.97 Å². The SMILES string of the molecule is Nc1cncc(-c2cc(-c3ccncc3)cs2)c1. The third-order valence-electron chi connectivity index (χ3n) is 2.66. The average molecular weight is 253 g/mol. The Kier molecular flexibility index (Phi) is 2.78. The lowest BCUT2D eigenvalue weighted by Gasteiger charge is -1.98. The highest BCUT2D eigenvalue weighted by Crippen LogP contribution is 2.32. The minimum Gasteiger partial charge on any atom is -0.397 e. The second-order valence-electron chi connectivity index (χ2n) is 3.94. The summed E-state index contributed by atoms with van der Waals surface area (Å²) in [4.78, 5) is 9.31. The number of pyridine rings is 2. The van der Waals surface area contributed by atoms with E-state index in [-0.39, 0.29) is 0 Å². The number of rotatable bonds is 2. The number of hydrogen-bond acceptors (Lipinski definition) is 4. The van der Waals surface area contributed by atoms with Crippen LogP contribution in [-0.4, -0.2) is 9.97 Å². The number of hydrogen-bond donors (Lipinski definition) is 1. The molecular weight excluding hydrogens is 242 g/mol. The smallest absolute Gasteiger partial charge is 0.0507 e. The van der Waals surface area contributed by atoms with Gasteiger partial charge in [0, 0.05) is 35.2 Å². The monoisotopic (exact) mass is 253 g/mol. The van der Waals surface area contributed by atoms with Crippen LogP contribution in [0, 0.1) is 0 Å². The summed E-state index contributed by atoms with van der Waals surface area (Å²) in [5.74, 6) is 0. The minimum absolute atomic E-state index is 0.686. The zero-order valence-electron chi connectivity index (χ0n) is 9.58. The van der Waals surface area contributed by atoms with Gasteiger partial charge in [-0.25, -0.2) is 0 Å². The van der Waals surface area contributed by atoms with Crippen molar-refractivity contribution >= 4 is 17.0 Å². The van der Waals surface area contributed by atoms with Gasteiger partial charge in [-0.15, -0.1) is 11.3 Å². The number of thiophene rings is 1. The van der Waals surface area contributed by atoms with Crippen LogP contribution in [0.25, 0.3) is 21.6 Å². The Hall–Kier alpha value is -2.20. The van der Waals surface area contributed by atoms with E-state index in [9.17, 15) is 0 Å². The first-order chi connectivity index (χ1) is 8.83. The first kappa shape index (κ1) is 10.9. The highest BCUT2D eigenvalue weighted by atomic mass is 32.1. The average Bonchev–Trinajstić information content (AvgIpc) is 2.89. The van der Waals surface area contributed by atoms with E-state index >= 15 is 0 Å². The summed E-state index contributed by atoms with van der Waals surface area (Å²) >= 11 is 1.69. The van der Waals surface area contributed by atoms with E-state index in [1.54, 1.807) is 29.9 Å². The molecule has 0 atom stereocenters. The predicted octanol–water partition coefficient (Wildman–Crippen LogP) is 3.45. The number of anilines is 1. The number of aromatic nitrogens is 2. The zero-order chi connectivity index (χ0) is 12.4. The molecule has 4 heteroatoms. The van der Waals surface area contributed by atoms with Crippen molar-refractivity contribution in [2.75, 3.05) is 5.73 Å². The molecule has 0 saturated heterocycles. The van der Waals surface area contributed by atoms with Crippen LogP contribution in [0.5, 0.6) is 0 Å². The summed E-state index contributed by atoms with van der Waals surface area (Å²) in [6.45, 7) is 0. The van der Waals surface area contributed by atoms with Gasteiger partial charge in [0.1, 0.15) is 0 Å². The Labute approximate surface area is 109 Å². The van der Waals surface area contributed by atoms with Crippen LogP contribution in [-0.2, 0) is 0 Å². The topological polar surface area (TPSA) is 51.8 Å².